The molecule has 0 unspecified atom stereocenters. The first-order valence-corrected chi connectivity index (χ1v) is 11.9. The van der Waals surface area contributed by atoms with Crippen molar-refractivity contribution in [3.63, 3.8) is 0 Å². The predicted octanol–water partition coefficient (Wildman–Crippen LogP) is 3.52. The van der Waals surface area contributed by atoms with E-state index in [0.717, 1.165) is 62.7 Å². The van der Waals surface area contributed by atoms with Crippen molar-refractivity contribution in [1.82, 2.24) is 15.1 Å². The van der Waals surface area contributed by atoms with Gasteiger partial charge in [-0.05, 0) is 87.8 Å². The Morgan fingerprint density at radius 3 is 2.45 bits per heavy atom. The van der Waals surface area contributed by atoms with Crippen LogP contribution in [-0.4, -0.2) is 54.5 Å². The summed E-state index contributed by atoms with van der Waals surface area (Å²) in [4.78, 5) is 18.0. The lowest BCUT2D eigenvalue weighted by atomic mass is 9.54. The van der Waals surface area contributed by atoms with Gasteiger partial charge in [-0.25, -0.2) is 0 Å². The number of likely N-dealkylation sites (N-methyl/N-ethyl adjacent to an activating group) is 1. The van der Waals surface area contributed by atoms with E-state index in [2.05, 4.69) is 52.5 Å². The van der Waals surface area contributed by atoms with Crippen molar-refractivity contribution in [3.8, 4) is 0 Å². The highest BCUT2D eigenvalue weighted by Gasteiger charge is 2.49. The van der Waals surface area contributed by atoms with Gasteiger partial charge in [0.15, 0.2) is 0 Å². The molecule has 6 rings (SSSR count). The van der Waals surface area contributed by atoms with Gasteiger partial charge in [0, 0.05) is 25.7 Å². The quantitative estimate of drug-likeness (QED) is 0.767. The van der Waals surface area contributed by atoms with Crippen molar-refractivity contribution >= 4 is 5.91 Å². The average molecular weight is 396 g/mol. The summed E-state index contributed by atoms with van der Waals surface area (Å²) < 4.78 is 0. The fourth-order valence-electron chi connectivity index (χ4n) is 7.09. The molecule has 5 fully saturated rings. The highest BCUT2D eigenvalue weighted by Crippen LogP contribution is 2.53. The molecule has 4 nitrogen and oxygen atoms in total. The molecule has 5 aliphatic rings. The molecule has 4 saturated carbocycles. The van der Waals surface area contributed by atoms with Crippen LogP contribution in [0, 0.1) is 23.7 Å². The van der Waals surface area contributed by atoms with Crippen molar-refractivity contribution in [2.24, 2.45) is 23.7 Å². The highest BCUT2D eigenvalue weighted by atomic mass is 16.2. The summed E-state index contributed by atoms with van der Waals surface area (Å²) in [6.45, 7) is 4.04. The normalized spacial score (nSPS) is 36.1. The lowest BCUT2D eigenvalue weighted by Crippen LogP contribution is -2.58. The van der Waals surface area contributed by atoms with Gasteiger partial charge in [0.2, 0.25) is 5.91 Å². The van der Waals surface area contributed by atoms with Crippen LogP contribution in [0.1, 0.15) is 50.5 Å². The molecule has 1 aliphatic heterocycles. The molecule has 4 heteroatoms. The number of amides is 1. The Bertz CT molecular complexity index is 677. The van der Waals surface area contributed by atoms with E-state index >= 15 is 0 Å². The molecule has 1 heterocycles. The molecule has 0 aromatic heterocycles. The molecular formula is C25H37N3O. The van der Waals surface area contributed by atoms with E-state index in [1.54, 1.807) is 0 Å². The molecule has 1 amide bonds. The van der Waals surface area contributed by atoms with Crippen molar-refractivity contribution in [2.45, 2.75) is 63.6 Å². The van der Waals surface area contributed by atoms with Gasteiger partial charge >= 0.3 is 0 Å². The number of benzene rings is 1. The third kappa shape index (κ3) is 4.25. The standard InChI is InChI=1S/C25H37N3O/c1-27(17-18-6-3-2-4-7-18)10-11-28-9-5-8-23(28)25(29)26-24-21-13-19-12-20(15-21)16-22(24)14-19/h2-4,6-7,19-24H,5,8-17H2,1H3,(H,26,29)/t19?,20?,21?,22?,23-,24?/m0/s1. The molecule has 4 bridgehead atoms. The Balaban J connectivity index is 1.13. The van der Waals surface area contributed by atoms with Crippen molar-refractivity contribution in [3.05, 3.63) is 35.9 Å². The lowest BCUT2D eigenvalue weighted by Gasteiger charge is -2.54. The molecule has 158 valence electrons. The molecular weight excluding hydrogens is 358 g/mol. The molecule has 0 spiro atoms. The van der Waals surface area contributed by atoms with E-state index in [1.165, 1.54) is 37.7 Å². The third-order valence-electron chi connectivity index (χ3n) is 8.27. The minimum absolute atomic E-state index is 0.0947. The van der Waals surface area contributed by atoms with Gasteiger partial charge in [-0.2, -0.15) is 0 Å². The fourth-order valence-corrected chi connectivity index (χ4v) is 7.09. The summed E-state index contributed by atoms with van der Waals surface area (Å²) in [6, 6.07) is 11.2. The zero-order valence-corrected chi connectivity index (χ0v) is 17.9. The Morgan fingerprint density at radius 2 is 1.76 bits per heavy atom. The summed E-state index contributed by atoms with van der Waals surface area (Å²) in [7, 11) is 2.19. The smallest absolute Gasteiger partial charge is 0.237 e. The SMILES string of the molecule is CN(CCN1CCC[C@H]1C(=O)NC1C2CC3CC(C2)CC1C3)Cc1ccccc1. The van der Waals surface area contributed by atoms with Crippen LogP contribution in [-0.2, 0) is 11.3 Å². The van der Waals surface area contributed by atoms with Gasteiger partial charge in [0.25, 0.3) is 0 Å². The van der Waals surface area contributed by atoms with Crippen molar-refractivity contribution in [1.29, 1.82) is 0 Å². The number of rotatable bonds is 7. The summed E-state index contributed by atoms with van der Waals surface area (Å²) in [5.41, 5.74) is 1.35. The monoisotopic (exact) mass is 395 g/mol. The van der Waals surface area contributed by atoms with Crippen LogP contribution >= 0.6 is 0 Å². The van der Waals surface area contributed by atoms with Crippen LogP contribution in [0.3, 0.4) is 0 Å². The lowest BCUT2D eigenvalue weighted by molar-refractivity contribution is -0.129. The van der Waals surface area contributed by atoms with Crippen molar-refractivity contribution < 1.29 is 4.79 Å². The largest absolute Gasteiger partial charge is 0.351 e. The van der Waals surface area contributed by atoms with Crippen LogP contribution in [0.25, 0.3) is 0 Å². The van der Waals surface area contributed by atoms with Gasteiger partial charge in [0.1, 0.15) is 0 Å². The fraction of sp³-hybridized carbons (Fsp3) is 0.720. The second-order valence-corrected chi connectivity index (χ2v) is 10.4. The summed E-state index contributed by atoms with van der Waals surface area (Å²) in [6.07, 6.45) is 9.14. The Kier molecular flexibility index (Phi) is 5.66. The number of carbonyl (C=O) groups is 1. The maximum atomic E-state index is 13.2. The summed E-state index contributed by atoms with van der Waals surface area (Å²) in [5, 5.41) is 3.57. The first-order chi connectivity index (χ1) is 14.2. The van der Waals surface area contributed by atoms with Crippen LogP contribution in [0.15, 0.2) is 30.3 Å². The maximum Gasteiger partial charge on any atom is 0.237 e. The third-order valence-corrected chi connectivity index (χ3v) is 8.27. The second kappa shape index (κ2) is 8.39. The highest BCUT2D eigenvalue weighted by molar-refractivity contribution is 5.82. The molecule has 1 aromatic carbocycles. The van der Waals surface area contributed by atoms with Gasteiger partial charge < -0.3 is 10.2 Å². The molecule has 1 N–H and O–H groups in total. The molecule has 1 aromatic rings. The molecule has 0 radical (unpaired) electrons. The Hall–Kier alpha value is -1.39. The zero-order chi connectivity index (χ0) is 19.8. The van der Waals surface area contributed by atoms with E-state index < -0.39 is 0 Å². The van der Waals surface area contributed by atoms with Gasteiger partial charge in [0.05, 0.1) is 6.04 Å². The molecule has 29 heavy (non-hydrogen) atoms. The van der Waals surface area contributed by atoms with Crippen LogP contribution in [0.2, 0.25) is 0 Å². The van der Waals surface area contributed by atoms with E-state index in [0.29, 0.717) is 11.9 Å². The Morgan fingerprint density at radius 1 is 1.07 bits per heavy atom. The number of hydrogen-bond acceptors (Lipinski definition) is 3. The van der Waals surface area contributed by atoms with E-state index in [4.69, 9.17) is 0 Å². The van der Waals surface area contributed by atoms with E-state index in [1.807, 2.05) is 0 Å². The average Bonchev–Trinajstić information content (AvgIpc) is 3.18. The first kappa shape index (κ1) is 19.6. The molecule has 1 atom stereocenters. The van der Waals surface area contributed by atoms with Gasteiger partial charge in [-0.1, -0.05) is 30.3 Å². The minimum Gasteiger partial charge on any atom is -0.351 e. The first-order valence-electron chi connectivity index (χ1n) is 11.9. The summed E-state index contributed by atoms with van der Waals surface area (Å²) in [5.74, 6) is 3.79. The van der Waals surface area contributed by atoms with Gasteiger partial charge in [-0.3, -0.25) is 9.69 Å². The topological polar surface area (TPSA) is 35.6 Å². The maximum absolute atomic E-state index is 13.2. The second-order valence-electron chi connectivity index (χ2n) is 10.4. The number of nitrogens with zero attached hydrogens (tertiary/aromatic N) is 2. The number of likely N-dealkylation sites (tertiary alicyclic amines) is 1. The minimum atomic E-state index is 0.0947. The van der Waals surface area contributed by atoms with E-state index in [9.17, 15) is 4.79 Å². The van der Waals surface area contributed by atoms with E-state index in [-0.39, 0.29) is 6.04 Å². The molecule has 4 aliphatic carbocycles. The number of hydrogen-bond donors (Lipinski definition) is 1. The van der Waals surface area contributed by atoms with Crippen LogP contribution in [0.5, 0.6) is 0 Å². The van der Waals surface area contributed by atoms with Gasteiger partial charge in [-0.15, -0.1) is 0 Å². The number of nitrogens with one attached hydrogen (secondary N) is 1. The van der Waals surface area contributed by atoms with Crippen LogP contribution in [0.4, 0.5) is 0 Å². The van der Waals surface area contributed by atoms with Crippen molar-refractivity contribution in [2.75, 3.05) is 26.7 Å². The molecule has 1 saturated heterocycles. The Labute approximate surface area is 176 Å². The predicted molar refractivity (Wildman–Crippen MR) is 116 cm³/mol. The summed E-state index contributed by atoms with van der Waals surface area (Å²) >= 11 is 0. The zero-order valence-electron chi connectivity index (χ0n) is 17.9. The number of carbonyl (C=O) groups excluding carboxylic acids is 1. The van der Waals surface area contributed by atoms with Crippen LogP contribution < -0.4 is 5.32 Å².